The van der Waals surface area contributed by atoms with Crippen LogP contribution in [0.5, 0.6) is 0 Å². The van der Waals surface area contributed by atoms with Crippen molar-refractivity contribution < 1.29 is 9.53 Å². The minimum atomic E-state index is -0.311. The predicted octanol–water partition coefficient (Wildman–Crippen LogP) is 0.932. The Morgan fingerprint density at radius 1 is 1.59 bits per heavy atom. The van der Waals surface area contributed by atoms with Gasteiger partial charge in [0.1, 0.15) is 5.25 Å². The van der Waals surface area contributed by atoms with Crippen LogP contribution in [-0.4, -0.2) is 32.6 Å². The van der Waals surface area contributed by atoms with Gasteiger partial charge in [-0.25, -0.2) is 9.89 Å². The number of carbonyl (C=O) groups excluding carboxylic acids is 1. The summed E-state index contributed by atoms with van der Waals surface area (Å²) in [6.45, 7) is 4.13. The lowest BCUT2D eigenvalue weighted by Crippen LogP contribution is -2.21. The van der Waals surface area contributed by atoms with Gasteiger partial charge in [-0.15, -0.1) is 5.10 Å². The highest BCUT2D eigenvalue weighted by atomic mass is 32.2. The van der Waals surface area contributed by atoms with Crippen LogP contribution in [0.4, 0.5) is 0 Å². The van der Waals surface area contributed by atoms with Crippen LogP contribution in [0.2, 0.25) is 0 Å². The van der Waals surface area contributed by atoms with Gasteiger partial charge in [-0.2, -0.15) is 0 Å². The first-order chi connectivity index (χ1) is 8.10. The molecular weight excluding hydrogens is 242 g/mol. The lowest BCUT2D eigenvalue weighted by molar-refractivity contribution is -0.142. The third kappa shape index (κ3) is 3.62. The molecule has 0 bridgehead atoms. The molecule has 0 fully saturated rings. The van der Waals surface area contributed by atoms with E-state index in [2.05, 4.69) is 10.2 Å². The summed E-state index contributed by atoms with van der Waals surface area (Å²) in [4.78, 5) is 22.9. The average molecular weight is 259 g/mol. The minimum Gasteiger partial charge on any atom is -0.465 e. The van der Waals surface area contributed by atoms with E-state index in [4.69, 9.17) is 4.74 Å². The summed E-state index contributed by atoms with van der Waals surface area (Å²) in [5.74, 6) is -0.255. The number of thioether (sulfide) groups is 1. The summed E-state index contributed by atoms with van der Waals surface area (Å²) < 4.78 is 6.37. The topological polar surface area (TPSA) is 77.0 Å². The van der Waals surface area contributed by atoms with E-state index in [0.717, 1.165) is 6.42 Å². The lowest BCUT2D eigenvalue weighted by Gasteiger charge is -2.13. The maximum atomic E-state index is 11.7. The summed E-state index contributed by atoms with van der Waals surface area (Å²) in [6, 6.07) is 0. The normalized spacial score (nSPS) is 12.4. The molecule has 0 saturated carbocycles. The van der Waals surface area contributed by atoms with Gasteiger partial charge in [-0.05, 0) is 13.3 Å². The SMILES string of the molecule is CCCC(Sc1n[nH]c(=O)n1C)C(=O)OCC. The Morgan fingerprint density at radius 2 is 2.29 bits per heavy atom. The molecule has 0 aromatic carbocycles. The fourth-order valence-corrected chi connectivity index (χ4v) is 2.40. The van der Waals surface area contributed by atoms with Crippen LogP contribution in [0.1, 0.15) is 26.7 Å². The molecule has 96 valence electrons. The number of esters is 1. The molecule has 0 aliphatic carbocycles. The van der Waals surface area contributed by atoms with Crippen molar-refractivity contribution in [1.82, 2.24) is 14.8 Å². The third-order valence-electron chi connectivity index (χ3n) is 2.19. The van der Waals surface area contributed by atoms with E-state index in [9.17, 15) is 9.59 Å². The van der Waals surface area contributed by atoms with Crippen molar-refractivity contribution in [3.63, 3.8) is 0 Å². The van der Waals surface area contributed by atoms with Crippen molar-refractivity contribution in [2.45, 2.75) is 37.1 Å². The van der Waals surface area contributed by atoms with E-state index in [1.807, 2.05) is 6.92 Å². The molecule has 1 aromatic rings. The first kappa shape index (κ1) is 13.8. The number of carbonyl (C=O) groups is 1. The third-order valence-corrected chi connectivity index (χ3v) is 3.48. The highest BCUT2D eigenvalue weighted by Gasteiger charge is 2.22. The molecular formula is C10H17N3O3S. The van der Waals surface area contributed by atoms with Gasteiger partial charge in [-0.3, -0.25) is 9.36 Å². The maximum Gasteiger partial charge on any atom is 0.343 e. The Balaban J connectivity index is 2.76. The monoisotopic (exact) mass is 259 g/mol. The number of H-pyrrole nitrogens is 1. The van der Waals surface area contributed by atoms with Crippen LogP contribution in [-0.2, 0) is 16.6 Å². The van der Waals surface area contributed by atoms with E-state index >= 15 is 0 Å². The molecule has 0 aliphatic rings. The van der Waals surface area contributed by atoms with Crippen molar-refractivity contribution in [2.24, 2.45) is 7.05 Å². The van der Waals surface area contributed by atoms with E-state index < -0.39 is 0 Å². The molecule has 0 spiro atoms. The number of aromatic amines is 1. The number of ether oxygens (including phenoxy) is 1. The van der Waals surface area contributed by atoms with Gasteiger partial charge in [0.2, 0.25) is 0 Å². The Labute approximate surface area is 104 Å². The summed E-state index contributed by atoms with van der Waals surface area (Å²) in [6.07, 6.45) is 1.57. The van der Waals surface area contributed by atoms with E-state index in [1.54, 1.807) is 14.0 Å². The Bertz CT molecular complexity index is 427. The van der Waals surface area contributed by atoms with Gasteiger partial charge < -0.3 is 4.74 Å². The molecule has 0 saturated heterocycles. The molecule has 17 heavy (non-hydrogen) atoms. The molecule has 0 amide bonds. The van der Waals surface area contributed by atoms with E-state index in [1.165, 1.54) is 16.3 Å². The van der Waals surface area contributed by atoms with Crippen molar-refractivity contribution in [3.05, 3.63) is 10.5 Å². The van der Waals surface area contributed by atoms with Crippen molar-refractivity contribution in [2.75, 3.05) is 6.61 Å². The molecule has 1 N–H and O–H groups in total. The molecule has 7 heteroatoms. The maximum absolute atomic E-state index is 11.7. The summed E-state index contributed by atoms with van der Waals surface area (Å²) in [5.41, 5.74) is -0.286. The average Bonchev–Trinajstić information content (AvgIpc) is 2.60. The Kier molecular flexibility index (Phi) is 5.27. The fourth-order valence-electron chi connectivity index (χ4n) is 1.29. The molecule has 0 aliphatic heterocycles. The molecule has 1 rings (SSSR count). The van der Waals surface area contributed by atoms with Gasteiger partial charge in [0.25, 0.3) is 0 Å². The summed E-state index contributed by atoms with van der Waals surface area (Å²) >= 11 is 1.25. The molecule has 1 heterocycles. The second-order valence-electron chi connectivity index (χ2n) is 3.52. The van der Waals surface area contributed by atoms with Crippen molar-refractivity contribution in [1.29, 1.82) is 0 Å². The fraction of sp³-hybridized carbons (Fsp3) is 0.700. The molecule has 1 aromatic heterocycles. The molecule has 1 unspecified atom stereocenters. The highest BCUT2D eigenvalue weighted by Crippen LogP contribution is 2.24. The second-order valence-corrected chi connectivity index (χ2v) is 4.69. The Hall–Kier alpha value is -1.24. The van der Waals surface area contributed by atoms with Crippen LogP contribution in [0.15, 0.2) is 9.95 Å². The molecule has 6 nitrogen and oxygen atoms in total. The first-order valence-electron chi connectivity index (χ1n) is 5.54. The first-order valence-corrected chi connectivity index (χ1v) is 6.42. The highest BCUT2D eigenvalue weighted by molar-refractivity contribution is 8.00. The van der Waals surface area contributed by atoms with Crippen molar-refractivity contribution >= 4 is 17.7 Å². The van der Waals surface area contributed by atoms with E-state index in [0.29, 0.717) is 18.2 Å². The van der Waals surface area contributed by atoms with Gasteiger partial charge >= 0.3 is 11.7 Å². The zero-order valence-corrected chi connectivity index (χ0v) is 11.0. The molecule has 0 radical (unpaired) electrons. The van der Waals surface area contributed by atoms with E-state index in [-0.39, 0.29) is 16.9 Å². The Morgan fingerprint density at radius 3 is 2.76 bits per heavy atom. The standard InChI is InChI=1S/C10H17N3O3S/c1-4-6-7(8(14)16-5-2)17-10-12-11-9(15)13(10)3/h7H,4-6H2,1-3H3,(H,11,15). The van der Waals surface area contributed by atoms with Crippen LogP contribution < -0.4 is 5.69 Å². The zero-order chi connectivity index (χ0) is 12.8. The van der Waals surface area contributed by atoms with Gasteiger partial charge in [0.15, 0.2) is 5.16 Å². The van der Waals surface area contributed by atoms with Crippen molar-refractivity contribution in [3.8, 4) is 0 Å². The summed E-state index contributed by atoms with van der Waals surface area (Å²) in [5, 5.41) is 6.39. The predicted molar refractivity (Wildman–Crippen MR) is 65.0 cm³/mol. The lowest BCUT2D eigenvalue weighted by atomic mass is 10.2. The number of aromatic nitrogens is 3. The minimum absolute atomic E-state index is 0.255. The number of nitrogens with one attached hydrogen (secondary N) is 1. The largest absolute Gasteiger partial charge is 0.465 e. The second kappa shape index (κ2) is 6.48. The number of rotatable bonds is 6. The number of hydrogen-bond donors (Lipinski definition) is 1. The smallest absolute Gasteiger partial charge is 0.343 e. The van der Waals surface area contributed by atoms with Crippen LogP contribution in [0.25, 0.3) is 0 Å². The van der Waals surface area contributed by atoms with Crippen LogP contribution >= 0.6 is 11.8 Å². The summed E-state index contributed by atoms with van der Waals surface area (Å²) in [7, 11) is 1.61. The number of nitrogens with zero attached hydrogens (tertiary/aromatic N) is 2. The molecule has 1 atom stereocenters. The quantitative estimate of drug-likeness (QED) is 0.607. The van der Waals surface area contributed by atoms with Gasteiger partial charge in [0, 0.05) is 7.05 Å². The number of hydrogen-bond acceptors (Lipinski definition) is 5. The van der Waals surface area contributed by atoms with Gasteiger partial charge in [0.05, 0.1) is 6.61 Å². The van der Waals surface area contributed by atoms with Crippen LogP contribution in [0.3, 0.4) is 0 Å². The zero-order valence-electron chi connectivity index (χ0n) is 10.2. The van der Waals surface area contributed by atoms with Crippen LogP contribution in [0, 0.1) is 0 Å². The van der Waals surface area contributed by atoms with Gasteiger partial charge in [-0.1, -0.05) is 25.1 Å².